The van der Waals surface area contributed by atoms with Crippen molar-refractivity contribution in [3.63, 3.8) is 0 Å². The van der Waals surface area contributed by atoms with Crippen molar-refractivity contribution in [1.82, 2.24) is 5.32 Å². The van der Waals surface area contributed by atoms with Gasteiger partial charge in [-0.25, -0.2) is 0 Å². The van der Waals surface area contributed by atoms with Crippen LogP contribution in [0.5, 0.6) is 0 Å². The molecule has 0 bridgehead atoms. The molecule has 1 aliphatic heterocycles. The minimum atomic E-state index is 0.193. The smallest absolute Gasteiger partial charge is 0.0646 e. The molecule has 1 rings (SSSR count). The fourth-order valence-electron chi connectivity index (χ4n) is 1.26. The molecule has 0 aromatic heterocycles. The zero-order chi connectivity index (χ0) is 8.16. The predicted molar refractivity (Wildman–Crippen MR) is 43.7 cm³/mol. The number of hydrogen-bond donors (Lipinski definition) is 1. The quantitative estimate of drug-likeness (QED) is 0.602. The third-order valence-corrected chi connectivity index (χ3v) is 2.08. The number of methoxy groups -OCH3 is 1. The lowest BCUT2D eigenvalue weighted by Gasteiger charge is -2.23. The van der Waals surface area contributed by atoms with E-state index >= 15 is 0 Å². The van der Waals surface area contributed by atoms with Crippen molar-refractivity contribution >= 4 is 0 Å². The molecule has 0 spiro atoms. The van der Waals surface area contributed by atoms with Gasteiger partial charge in [-0.3, -0.25) is 0 Å². The third kappa shape index (κ3) is 2.77. The highest BCUT2D eigenvalue weighted by molar-refractivity contribution is 4.86. The predicted octanol–water partition coefficient (Wildman–Crippen LogP) is 0.401. The van der Waals surface area contributed by atoms with Gasteiger partial charge in [0.1, 0.15) is 0 Å². The Morgan fingerprint density at radius 2 is 2.45 bits per heavy atom. The molecule has 0 aromatic rings. The summed E-state index contributed by atoms with van der Waals surface area (Å²) < 4.78 is 10.2. The normalized spacial score (nSPS) is 31.1. The summed E-state index contributed by atoms with van der Waals surface area (Å²) in [6, 6.07) is 0. The van der Waals surface area contributed by atoms with Crippen LogP contribution in [0.15, 0.2) is 0 Å². The second kappa shape index (κ2) is 4.04. The average Bonchev–Trinajstić information content (AvgIpc) is 2.38. The Hall–Kier alpha value is -0.120. The van der Waals surface area contributed by atoms with E-state index in [0.29, 0.717) is 0 Å². The van der Waals surface area contributed by atoms with Crippen LogP contribution in [0, 0.1) is 0 Å². The summed E-state index contributed by atoms with van der Waals surface area (Å²) in [5.74, 6) is 0. The van der Waals surface area contributed by atoms with E-state index in [4.69, 9.17) is 9.47 Å². The maximum Gasteiger partial charge on any atom is 0.0646 e. The Morgan fingerprint density at radius 1 is 1.64 bits per heavy atom. The van der Waals surface area contributed by atoms with Gasteiger partial charge in [0, 0.05) is 25.8 Å². The lowest BCUT2D eigenvalue weighted by Crippen LogP contribution is -2.44. The van der Waals surface area contributed by atoms with Gasteiger partial charge in [0.15, 0.2) is 0 Å². The minimum absolute atomic E-state index is 0.193. The minimum Gasteiger partial charge on any atom is -0.383 e. The van der Waals surface area contributed by atoms with Gasteiger partial charge >= 0.3 is 0 Å². The Labute approximate surface area is 68.1 Å². The van der Waals surface area contributed by atoms with Crippen LogP contribution in [0.4, 0.5) is 0 Å². The molecular formula is C8H17NO2. The summed E-state index contributed by atoms with van der Waals surface area (Å²) in [5.41, 5.74) is 0.193. The zero-order valence-corrected chi connectivity index (χ0v) is 7.35. The first-order valence-corrected chi connectivity index (χ1v) is 4.08. The van der Waals surface area contributed by atoms with Crippen molar-refractivity contribution in [2.45, 2.75) is 18.9 Å². The van der Waals surface area contributed by atoms with Crippen LogP contribution < -0.4 is 5.32 Å². The molecule has 0 aromatic carbocycles. The molecule has 1 heterocycles. The average molecular weight is 159 g/mol. The molecule has 0 saturated carbocycles. The lowest BCUT2D eigenvalue weighted by molar-refractivity contribution is 0.158. The summed E-state index contributed by atoms with van der Waals surface area (Å²) in [6.07, 6.45) is 1.11. The monoisotopic (exact) mass is 159 g/mol. The molecule has 3 heteroatoms. The highest BCUT2D eigenvalue weighted by atomic mass is 16.5. The molecular weight excluding hydrogens is 142 g/mol. The second-order valence-corrected chi connectivity index (χ2v) is 3.28. The van der Waals surface area contributed by atoms with Crippen LogP contribution in [-0.2, 0) is 9.47 Å². The second-order valence-electron chi connectivity index (χ2n) is 3.28. The molecule has 0 amide bonds. The van der Waals surface area contributed by atoms with Crippen molar-refractivity contribution in [3.05, 3.63) is 0 Å². The molecule has 1 aliphatic rings. The van der Waals surface area contributed by atoms with Gasteiger partial charge < -0.3 is 14.8 Å². The van der Waals surface area contributed by atoms with Crippen LogP contribution in [0.1, 0.15) is 13.3 Å². The number of ether oxygens (including phenoxy) is 2. The van der Waals surface area contributed by atoms with Crippen molar-refractivity contribution in [1.29, 1.82) is 0 Å². The largest absolute Gasteiger partial charge is 0.383 e. The fraction of sp³-hybridized carbons (Fsp3) is 1.00. The molecule has 1 N–H and O–H groups in total. The van der Waals surface area contributed by atoms with Crippen molar-refractivity contribution in [2.75, 3.05) is 33.5 Å². The number of nitrogens with one attached hydrogen (secondary N) is 1. The van der Waals surface area contributed by atoms with Crippen molar-refractivity contribution in [2.24, 2.45) is 0 Å². The summed E-state index contributed by atoms with van der Waals surface area (Å²) in [4.78, 5) is 0. The first kappa shape index (κ1) is 8.97. The molecule has 3 nitrogen and oxygen atoms in total. The Balaban J connectivity index is 2.13. The van der Waals surface area contributed by atoms with E-state index in [1.54, 1.807) is 7.11 Å². The summed E-state index contributed by atoms with van der Waals surface area (Å²) >= 11 is 0. The van der Waals surface area contributed by atoms with Gasteiger partial charge in [0.05, 0.1) is 13.2 Å². The maximum atomic E-state index is 5.29. The molecule has 0 radical (unpaired) electrons. The van der Waals surface area contributed by atoms with E-state index in [0.717, 1.165) is 32.8 Å². The van der Waals surface area contributed by atoms with Crippen molar-refractivity contribution in [3.8, 4) is 0 Å². The van der Waals surface area contributed by atoms with Crippen molar-refractivity contribution < 1.29 is 9.47 Å². The van der Waals surface area contributed by atoms with E-state index < -0.39 is 0 Å². The Kier molecular flexibility index (Phi) is 3.30. The summed E-state index contributed by atoms with van der Waals surface area (Å²) in [7, 11) is 1.72. The highest BCUT2D eigenvalue weighted by Crippen LogP contribution is 2.16. The van der Waals surface area contributed by atoms with Gasteiger partial charge in [-0.15, -0.1) is 0 Å². The van der Waals surface area contributed by atoms with Gasteiger partial charge in [-0.05, 0) is 13.3 Å². The van der Waals surface area contributed by atoms with E-state index in [9.17, 15) is 0 Å². The van der Waals surface area contributed by atoms with Gasteiger partial charge in [0.2, 0.25) is 0 Å². The SMILES string of the molecule is COCCNC1(C)CCOC1. The van der Waals surface area contributed by atoms with E-state index in [1.165, 1.54) is 0 Å². The third-order valence-electron chi connectivity index (χ3n) is 2.08. The maximum absolute atomic E-state index is 5.29. The van der Waals surface area contributed by atoms with Gasteiger partial charge in [-0.2, -0.15) is 0 Å². The van der Waals surface area contributed by atoms with Gasteiger partial charge in [-0.1, -0.05) is 0 Å². The van der Waals surface area contributed by atoms with Crippen LogP contribution in [-0.4, -0.2) is 39.0 Å². The molecule has 1 atom stereocenters. The first-order valence-electron chi connectivity index (χ1n) is 4.08. The van der Waals surface area contributed by atoms with E-state index in [2.05, 4.69) is 12.2 Å². The van der Waals surface area contributed by atoms with E-state index in [1.807, 2.05) is 0 Å². The van der Waals surface area contributed by atoms with Crippen LogP contribution in [0.2, 0.25) is 0 Å². The molecule has 1 unspecified atom stereocenters. The van der Waals surface area contributed by atoms with Gasteiger partial charge in [0.25, 0.3) is 0 Å². The van der Waals surface area contributed by atoms with Crippen LogP contribution >= 0.6 is 0 Å². The zero-order valence-electron chi connectivity index (χ0n) is 7.35. The molecule has 0 aliphatic carbocycles. The summed E-state index contributed by atoms with van der Waals surface area (Å²) in [5, 5.41) is 3.41. The Bertz CT molecular complexity index is 111. The van der Waals surface area contributed by atoms with Crippen LogP contribution in [0.3, 0.4) is 0 Å². The number of hydrogen-bond acceptors (Lipinski definition) is 3. The van der Waals surface area contributed by atoms with E-state index in [-0.39, 0.29) is 5.54 Å². The Morgan fingerprint density at radius 3 is 3.00 bits per heavy atom. The highest BCUT2D eigenvalue weighted by Gasteiger charge is 2.28. The fourth-order valence-corrected chi connectivity index (χ4v) is 1.26. The first-order chi connectivity index (χ1) is 5.27. The lowest BCUT2D eigenvalue weighted by atomic mass is 10.0. The van der Waals surface area contributed by atoms with Crippen LogP contribution in [0.25, 0.3) is 0 Å². The molecule has 66 valence electrons. The molecule has 11 heavy (non-hydrogen) atoms. The standard InChI is InChI=1S/C8H17NO2/c1-8(3-5-11-7-8)9-4-6-10-2/h9H,3-7H2,1-2H3. The molecule has 1 saturated heterocycles. The topological polar surface area (TPSA) is 30.5 Å². The number of rotatable bonds is 4. The molecule has 1 fully saturated rings. The summed E-state index contributed by atoms with van der Waals surface area (Å²) in [6.45, 7) is 5.59.